The van der Waals surface area contributed by atoms with E-state index >= 15 is 0 Å². The molecule has 0 aliphatic rings. The van der Waals surface area contributed by atoms with Gasteiger partial charge in [0.25, 0.3) is 6.29 Å². The molecule has 0 aromatic rings. The van der Waals surface area contributed by atoms with Gasteiger partial charge in [-0.25, -0.2) is 4.79 Å². The van der Waals surface area contributed by atoms with Gasteiger partial charge in [-0.15, -0.1) is 0 Å². The van der Waals surface area contributed by atoms with E-state index < -0.39 is 30.3 Å². The molecule has 75 heavy (non-hydrogen) atoms. The molecule has 0 amide bonds. The van der Waals surface area contributed by atoms with Gasteiger partial charge < -0.3 is 28.5 Å². The number of carbonyl (C=O) groups is 3. The third-order valence-corrected chi connectivity index (χ3v) is 11.0. The Morgan fingerprint density at radius 3 is 1.08 bits per heavy atom. The zero-order chi connectivity index (χ0) is 54.8. The molecular weight excluding hydrogens is 935 g/mol. The van der Waals surface area contributed by atoms with Crippen molar-refractivity contribution in [1.29, 1.82) is 0 Å². The number of rotatable bonds is 49. The molecule has 0 fully saturated rings. The molecular formula is C66H102NO8+. The number of ether oxygens (including phenoxy) is 4. The van der Waals surface area contributed by atoms with Crippen LogP contribution < -0.4 is 0 Å². The van der Waals surface area contributed by atoms with Crippen LogP contribution in [-0.2, 0) is 33.3 Å². The van der Waals surface area contributed by atoms with Gasteiger partial charge in [0.05, 0.1) is 34.4 Å². The van der Waals surface area contributed by atoms with E-state index in [0.717, 1.165) is 128 Å². The van der Waals surface area contributed by atoms with Crippen LogP contribution >= 0.6 is 0 Å². The van der Waals surface area contributed by atoms with Crippen LogP contribution in [0.5, 0.6) is 0 Å². The van der Waals surface area contributed by atoms with Gasteiger partial charge in [0, 0.05) is 12.8 Å². The van der Waals surface area contributed by atoms with Gasteiger partial charge in [0.15, 0.2) is 6.10 Å². The second-order valence-electron chi connectivity index (χ2n) is 19.1. The number of quaternary nitrogens is 1. The molecule has 0 radical (unpaired) electrons. The first-order chi connectivity index (χ1) is 36.6. The van der Waals surface area contributed by atoms with Crippen LogP contribution in [0.1, 0.15) is 168 Å². The van der Waals surface area contributed by atoms with Crippen LogP contribution in [0, 0.1) is 0 Å². The van der Waals surface area contributed by atoms with Crippen LogP contribution in [0.25, 0.3) is 0 Å². The lowest BCUT2D eigenvalue weighted by Crippen LogP contribution is -2.40. The fourth-order valence-electron chi connectivity index (χ4n) is 6.68. The van der Waals surface area contributed by atoms with E-state index in [9.17, 15) is 19.5 Å². The smallest absolute Gasteiger partial charge is 0.361 e. The fraction of sp³-hybridized carbons (Fsp3) is 0.530. The summed E-state index contributed by atoms with van der Waals surface area (Å²) in [5.74, 6) is -2.13. The van der Waals surface area contributed by atoms with Crippen molar-refractivity contribution in [1.82, 2.24) is 0 Å². The number of aliphatic carboxylic acids is 1. The van der Waals surface area contributed by atoms with Crippen molar-refractivity contribution in [3.63, 3.8) is 0 Å². The quantitative estimate of drug-likeness (QED) is 0.0211. The molecule has 0 rings (SSSR count). The van der Waals surface area contributed by atoms with Crippen LogP contribution in [0.15, 0.2) is 170 Å². The summed E-state index contributed by atoms with van der Waals surface area (Å²) >= 11 is 0. The molecule has 0 heterocycles. The summed E-state index contributed by atoms with van der Waals surface area (Å²) < 4.78 is 22.8. The Morgan fingerprint density at radius 1 is 0.400 bits per heavy atom. The van der Waals surface area contributed by atoms with Crippen molar-refractivity contribution in [3.8, 4) is 0 Å². The van der Waals surface area contributed by atoms with Crippen LogP contribution in [0.4, 0.5) is 0 Å². The molecule has 9 heteroatoms. The van der Waals surface area contributed by atoms with Crippen molar-refractivity contribution in [2.24, 2.45) is 0 Å². The molecule has 0 saturated heterocycles. The summed E-state index contributed by atoms with van der Waals surface area (Å²) in [5, 5.41) is 9.70. The maximum atomic E-state index is 12.9. The Labute approximate surface area is 457 Å². The number of carboxylic acid groups (broad SMARTS) is 1. The van der Waals surface area contributed by atoms with E-state index in [-0.39, 0.29) is 32.7 Å². The standard InChI is InChI=1S/C66H101NO8/c1-6-8-10-12-14-16-18-20-22-24-26-28-29-30-31-32-33-34-35-37-39-41-43-45-47-49-51-53-55-57-64(69)75-62(61-74-66(65(70)71)72-59-58-67(3,4)5)60-73-63(68)56-54-52-50-48-46-44-42-40-38-36-27-25-23-21-19-17-15-13-11-9-7-2/h8-11,14-17,20-23,26-28,30-31,33-34,36-37,39-40,42-43,45-46,48,62,66H,6-7,12-13,18-19,24-25,29,32,35,38,41,44,47,49-61H2,1-5H3/p+1/b10-8-,11-9-,16-14-,17-15-,22-20-,23-21-,28-26-,31-30-,34-33-,36-27-,39-37-,42-40-,45-43-,48-46-. The normalized spacial score (nSPS) is 14.1. The Kier molecular flexibility index (Phi) is 51.0. The molecule has 1 N–H and O–H groups in total. The highest BCUT2D eigenvalue weighted by atomic mass is 16.7. The Morgan fingerprint density at radius 2 is 0.720 bits per heavy atom. The van der Waals surface area contributed by atoms with Crippen LogP contribution in [0.2, 0.25) is 0 Å². The SMILES string of the molecule is CC/C=C\C/C=C\C/C=C\C/C=C\C/C=C\C/C=C\C/C=C\C/C=C\CCCCCCC(=O)OC(COC(=O)CCCC/C=C\C/C=C\C/C=C\C/C=C\C/C=C\C/C=C\CC)COC(OCC[N+](C)(C)C)C(=O)O. The maximum Gasteiger partial charge on any atom is 0.361 e. The van der Waals surface area contributed by atoms with Crippen LogP contribution in [-0.4, -0.2) is 87.4 Å². The minimum absolute atomic E-state index is 0.164. The number of esters is 2. The average Bonchev–Trinajstić information content (AvgIpc) is 3.38. The second-order valence-corrected chi connectivity index (χ2v) is 19.1. The highest BCUT2D eigenvalue weighted by molar-refractivity contribution is 5.71. The van der Waals surface area contributed by atoms with E-state index in [1.54, 1.807) is 0 Å². The minimum Gasteiger partial charge on any atom is -0.477 e. The van der Waals surface area contributed by atoms with Crippen molar-refractivity contribution in [3.05, 3.63) is 170 Å². The number of hydrogen-bond acceptors (Lipinski definition) is 7. The van der Waals surface area contributed by atoms with Gasteiger partial charge in [-0.05, 0) is 128 Å². The van der Waals surface area contributed by atoms with Crippen molar-refractivity contribution < 1.29 is 42.9 Å². The number of hydrogen-bond donors (Lipinski definition) is 1. The summed E-state index contributed by atoms with van der Waals surface area (Å²) in [5.41, 5.74) is 0. The topological polar surface area (TPSA) is 108 Å². The average molecular weight is 1040 g/mol. The van der Waals surface area contributed by atoms with E-state index in [2.05, 4.69) is 184 Å². The number of carboxylic acids is 1. The molecule has 418 valence electrons. The molecule has 2 atom stereocenters. The zero-order valence-corrected chi connectivity index (χ0v) is 47.4. The van der Waals surface area contributed by atoms with Gasteiger partial charge in [0.2, 0.25) is 0 Å². The number of allylic oxidation sites excluding steroid dienone is 28. The summed E-state index contributed by atoms with van der Waals surface area (Å²) in [6.07, 6.45) is 80.0. The minimum atomic E-state index is -1.54. The molecule has 0 spiro atoms. The summed E-state index contributed by atoms with van der Waals surface area (Å²) in [7, 11) is 5.92. The predicted molar refractivity (Wildman–Crippen MR) is 317 cm³/mol. The predicted octanol–water partition coefficient (Wildman–Crippen LogP) is 16.8. The highest BCUT2D eigenvalue weighted by Gasteiger charge is 2.25. The number of carbonyl (C=O) groups excluding carboxylic acids is 2. The number of unbranched alkanes of at least 4 members (excludes halogenated alkanes) is 6. The highest BCUT2D eigenvalue weighted by Crippen LogP contribution is 2.11. The lowest BCUT2D eigenvalue weighted by atomic mass is 10.1. The van der Waals surface area contributed by atoms with Gasteiger partial charge in [-0.2, -0.15) is 0 Å². The third kappa shape index (κ3) is 56.2. The van der Waals surface area contributed by atoms with E-state index in [0.29, 0.717) is 23.9 Å². The number of likely N-dealkylation sites (N-methyl/N-ethyl adjacent to an activating group) is 1. The van der Waals surface area contributed by atoms with E-state index in [1.165, 1.54) is 0 Å². The van der Waals surface area contributed by atoms with E-state index in [4.69, 9.17) is 18.9 Å². The van der Waals surface area contributed by atoms with Crippen molar-refractivity contribution in [2.45, 2.75) is 180 Å². The molecule has 9 nitrogen and oxygen atoms in total. The van der Waals surface area contributed by atoms with Gasteiger partial charge in [-0.1, -0.05) is 197 Å². The van der Waals surface area contributed by atoms with Gasteiger partial charge in [0.1, 0.15) is 13.2 Å². The zero-order valence-electron chi connectivity index (χ0n) is 47.4. The van der Waals surface area contributed by atoms with Gasteiger partial charge >= 0.3 is 17.9 Å². The second kappa shape index (κ2) is 54.9. The van der Waals surface area contributed by atoms with Crippen LogP contribution in [0.3, 0.4) is 0 Å². The molecule has 0 saturated carbocycles. The van der Waals surface area contributed by atoms with Gasteiger partial charge in [-0.3, -0.25) is 9.59 Å². The Hall–Kier alpha value is -5.35. The monoisotopic (exact) mass is 1040 g/mol. The fourth-order valence-corrected chi connectivity index (χ4v) is 6.68. The summed E-state index contributed by atoms with van der Waals surface area (Å²) in [4.78, 5) is 37.4. The maximum absolute atomic E-state index is 12.9. The molecule has 0 aromatic heterocycles. The Bertz CT molecular complexity index is 1830. The van der Waals surface area contributed by atoms with Crippen molar-refractivity contribution in [2.75, 3.05) is 47.5 Å². The lowest BCUT2D eigenvalue weighted by molar-refractivity contribution is -0.870. The summed E-state index contributed by atoms with van der Waals surface area (Å²) in [6, 6.07) is 0. The first-order valence-electron chi connectivity index (χ1n) is 28.3. The molecule has 2 unspecified atom stereocenters. The lowest BCUT2D eigenvalue weighted by Gasteiger charge is -2.25. The third-order valence-electron chi connectivity index (χ3n) is 11.0. The largest absolute Gasteiger partial charge is 0.477 e. The first kappa shape index (κ1) is 69.7. The molecule has 0 aliphatic carbocycles. The summed E-state index contributed by atoms with van der Waals surface area (Å²) in [6.45, 7) is 4.52. The molecule has 0 aliphatic heterocycles. The van der Waals surface area contributed by atoms with E-state index in [1.807, 2.05) is 21.1 Å². The first-order valence-corrected chi connectivity index (χ1v) is 28.3. The molecule has 0 bridgehead atoms. The van der Waals surface area contributed by atoms with Crippen molar-refractivity contribution >= 4 is 17.9 Å². The Balaban J connectivity index is 4.46. The number of nitrogens with zero attached hydrogens (tertiary/aromatic N) is 1. The molecule has 0 aromatic carbocycles.